The molecule has 0 aliphatic heterocycles. The Morgan fingerprint density at radius 1 is 1.25 bits per heavy atom. The van der Waals surface area contributed by atoms with Crippen molar-refractivity contribution < 1.29 is 9.53 Å². The van der Waals surface area contributed by atoms with Crippen molar-refractivity contribution in [3.8, 4) is 11.6 Å². The lowest BCUT2D eigenvalue weighted by atomic mass is 10.1. The van der Waals surface area contributed by atoms with Gasteiger partial charge in [-0.3, -0.25) is 9.36 Å². The highest BCUT2D eigenvalue weighted by Crippen LogP contribution is 2.13. The first-order chi connectivity index (χ1) is 11.7. The summed E-state index contributed by atoms with van der Waals surface area (Å²) in [4.78, 5) is 24.4. The van der Waals surface area contributed by atoms with Gasteiger partial charge in [0.05, 0.1) is 13.0 Å². The summed E-state index contributed by atoms with van der Waals surface area (Å²) >= 11 is 0. The molecular weight excluding hydrogens is 306 g/mol. The number of benzene rings is 1. The van der Waals surface area contributed by atoms with Crippen molar-refractivity contribution in [2.24, 2.45) is 0 Å². The van der Waals surface area contributed by atoms with E-state index >= 15 is 0 Å². The van der Waals surface area contributed by atoms with Crippen LogP contribution in [0, 0.1) is 0 Å². The molecule has 1 N–H and O–H groups in total. The maximum absolute atomic E-state index is 12.2. The minimum absolute atomic E-state index is 0.144. The molecule has 7 nitrogen and oxygen atoms in total. The van der Waals surface area contributed by atoms with E-state index in [9.17, 15) is 4.79 Å². The van der Waals surface area contributed by atoms with Crippen molar-refractivity contribution in [2.75, 3.05) is 11.9 Å². The number of carbonyl (C=O) groups is 1. The summed E-state index contributed by atoms with van der Waals surface area (Å²) in [6.07, 6.45) is 6.73. The molecule has 1 amide bonds. The molecule has 0 aliphatic rings. The van der Waals surface area contributed by atoms with Crippen LogP contribution in [0.1, 0.15) is 12.5 Å². The first kappa shape index (κ1) is 15.7. The predicted octanol–water partition coefficient (Wildman–Crippen LogP) is 2.24. The molecular formula is C17H17N5O2. The molecule has 0 radical (unpaired) electrons. The molecule has 1 aromatic carbocycles. The van der Waals surface area contributed by atoms with Crippen molar-refractivity contribution in [1.29, 1.82) is 0 Å². The molecule has 2 heterocycles. The fourth-order valence-electron chi connectivity index (χ4n) is 2.19. The zero-order chi connectivity index (χ0) is 16.8. The van der Waals surface area contributed by atoms with Crippen LogP contribution in [0.5, 0.6) is 5.75 Å². The van der Waals surface area contributed by atoms with E-state index in [0.717, 1.165) is 11.3 Å². The van der Waals surface area contributed by atoms with Crippen LogP contribution in [0.4, 0.5) is 5.82 Å². The molecule has 0 atom stereocenters. The molecule has 0 unspecified atom stereocenters. The lowest BCUT2D eigenvalue weighted by molar-refractivity contribution is -0.115. The normalized spacial score (nSPS) is 10.4. The van der Waals surface area contributed by atoms with Crippen LogP contribution < -0.4 is 10.1 Å². The molecule has 3 aromatic rings. The first-order valence-corrected chi connectivity index (χ1v) is 7.56. The Labute approximate surface area is 139 Å². The van der Waals surface area contributed by atoms with Gasteiger partial charge in [0.15, 0.2) is 0 Å². The van der Waals surface area contributed by atoms with Gasteiger partial charge in [0.25, 0.3) is 0 Å². The number of imidazole rings is 1. The fraction of sp³-hybridized carbons (Fsp3) is 0.176. The SMILES string of the molecule is CCOc1ccc(CC(=O)Nc2cc(-n3ccnc3)ncn2)cc1. The summed E-state index contributed by atoms with van der Waals surface area (Å²) in [6.45, 7) is 2.55. The van der Waals surface area contributed by atoms with Crippen LogP contribution >= 0.6 is 0 Å². The lowest BCUT2D eigenvalue weighted by Crippen LogP contribution is -2.15. The van der Waals surface area contributed by atoms with E-state index in [2.05, 4.69) is 20.3 Å². The van der Waals surface area contributed by atoms with E-state index < -0.39 is 0 Å². The number of rotatable bonds is 6. The second-order valence-electron chi connectivity index (χ2n) is 5.03. The highest BCUT2D eigenvalue weighted by Gasteiger charge is 2.07. The summed E-state index contributed by atoms with van der Waals surface area (Å²) in [5.74, 6) is 1.74. The van der Waals surface area contributed by atoms with Crippen LogP contribution in [-0.2, 0) is 11.2 Å². The Morgan fingerprint density at radius 2 is 2.08 bits per heavy atom. The van der Waals surface area contributed by atoms with Gasteiger partial charge in [0, 0.05) is 18.5 Å². The number of nitrogens with zero attached hydrogens (tertiary/aromatic N) is 4. The third-order valence-corrected chi connectivity index (χ3v) is 3.29. The quantitative estimate of drug-likeness (QED) is 0.752. The van der Waals surface area contributed by atoms with Crippen LogP contribution in [0.25, 0.3) is 5.82 Å². The monoisotopic (exact) mass is 323 g/mol. The summed E-state index contributed by atoms with van der Waals surface area (Å²) in [7, 11) is 0. The Hall–Kier alpha value is -3.22. The lowest BCUT2D eigenvalue weighted by Gasteiger charge is -2.07. The first-order valence-electron chi connectivity index (χ1n) is 7.56. The van der Waals surface area contributed by atoms with Crippen molar-refractivity contribution in [2.45, 2.75) is 13.3 Å². The number of aromatic nitrogens is 4. The molecule has 0 fully saturated rings. The van der Waals surface area contributed by atoms with Gasteiger partial charge in [0.2, 0.25) is 5.91 Å². The maximum Gasteiger partial charge on any atom is 0.229 e. The third kappa shape index (κ3) is 3.95. The molecule has 7 heteroatoms. The van der Waals surface area contributed by atoms with E-state index in [1.54, 1.807) is 29.4 Å². The highest BCUT2D eigenvalue weighted by molar-refractivity contribution is 5.91. The van der Waals surface area contributed by atoms with Gasteiger partial charge >= 0.3 is 0 Å². The van der Waals surface area contributed by atoms with E-state index in [0.29, 0.717) is 18.2 Å². The van der Waals surface area contributed by atoms with Crippen LogP contribution in [0.15, 0.2) is 55.4 Å². The third-order valence-electron chi connectivity index (χ3n) is 3.29. The van der Waals surface area contributed by atoms with Crippen LogP contribution in [0.2, 0.25) is 0 Å². The van der Waals surface area contributed by atoms with Gasteiger partial charge in [-0.1, -0.05) is 12.1 Å². The van der Waals surface area contributed by atoms with Crippen molar-refractivity contribution in [3.05, 3.63) is 60.9 Å². The number of hydrogen-bond acceptors (Lipinski definition) is 5. The van der Waals surface area contributed by atoms with Gasteiger partial charge in [0.1, 0.15) is 30.0 Å². The van der Waals surface area contributed by atoms with Crippen LogP contribution in [-0.4, -0.2) is 32.0 Å². The average molecular weight is 323 g/mol. The van der Waals surface area contributed by atoms with Gasteiger partial charge in [-0.15, -0.1) is 0 Å². The average Bonchev–Trinajstić information content (AvgIpc) is 3.12. The van der Waals surface area contributed by atoms with Crippen molar-refractivity contribution >= 4 is 11.7 Å². The number of carbonyl (C=O) groups excluding carboxylic acids is 1. The summed E-state index contributed by atoms with van der Waals surface area (Å²) in [5.41, 5.74) is 0.903. The molecule has 0 spiro atoms. The summed E-state index contributed by atoms with van der Waals surface area (Å²) in [6, 6.07) is 9.16. The smallest absolute Gasteiger partial charge is 0.229 e. The minimum atomic E-state index is -0.144. The second-order valence-corrected chi connectivity index (χ2v) is 5.03. The Kier molecular flexibility index (Phi) is 4.81. The predicted molar refractivity (Wildman–Crippen MR) is 89.1 cm³/mol. The Morgan fingerprint density at radius 3 is 2.79 bits per heavy atom. The summed E-state index contributed by atoms with van der Waals surface area (Å²) in [5, 5.41) is 2.78. The van der Waals surface area contributed by atoms with Crippen LogP contribution in [0.3, 0.4) is 0 Å². The Bertz CT molecular complexity index is 800. The molecule has 0 bridgehead atoms. The number of ether oxygens (including phenoxy) is 1. The van der Waals surface area contributed by atoms with E-state index in [-0.39, 0.29) is 12.3 Å². The van der Waals surface area contributed by atoms with Crippen molar-refractivity contribution in [3.63, 3.8) is 0 Å². The van der Waals surface area contributed by atoms with Gasteiger partial charge in [-0.05, 0) is 24.6 Å². The molecule has 0 aliphatic carbocycles. The maximum atomic E-state index is 12.2. The standard InChI is InChI=1S/C17H17N5O2/c1-2-24-14-5-3-13(4-6-14)9-17(23)21-15-10-16(20-11-19-15)22-8-7-18-12-22/h3-8,10-12H,2,9H2,1H3,(H,19,20,21,23). The topological polar surface area (TPSA) is 81.9 Å². The number of nitrogens with one attached hydrogen (secondary N) is 1. The van der Waals surface area contributed by atoms with E-state index in [4.69, 9.17) is 4.74 Å². The molecule has 0 saturated heterocycles. The largest absolute Gasteiger partial charge is 0.494 e. The molecule has 24 heavy (non-hydrogen) atoms. The number of amides is 1. The van der Waals surface area contributed by atoms with E-state index in [1.165, 1.54) is 6.33 Å². The number of anilines is 1. The van der Waals surface area contributed by atoms with Gasteiger partial charge in [-0.25, -0.2) is 15.0 Å². The zero-order valence-corrected chi connectivity index (χ0v) is 13.2. The summed E-state index contributed by atoms with van der Waals surface area (Å²) < 4.78 is 7.12. The molecule has 2 aromatic heterocycles. The van der Waals surface area contributed by atoms with E-state index in [1.807, 2.05) is 31.2 Å². The second kappa shape index (κ2) is 7.36. The number of hydrogen-bond donors (Lipinski definition) is 1. The van der Waals surface area contributed by atoms with Gasteiger partial charge < -0.3 is 10.1 Å². The highest BCUT2D eigenvalue weighted by atomic mass is 16.5. The molecule has 122 valence electrons. The molecule has 0 saturated carbocycles. The Balaban J connectivity index is 1.63. The fourth-order valence-corrected chi connectivity index (χ4v) is 2.19. The van der Waals surface area contributed by atoms with Crippen molar-refractivity contribution in [1.82, 2.24) is 19.5 Å². The molecule has 3 rings (SSSR count). The van der Waals surface area contributed by atoms with Gasteiger partial charge in [-0.2, -0.15) is 0 Å². The zero-order valence-electron chi connectivity index (χ0n) is 13.2. The minimum Gasteiger partial charge on any atom is -0.494 e.